The van der Waals surface area contributed by atoms with Crippen LogP contribution in [0.4, 0.5) is 12.9 Å². The Morgan fingerprint density at radius 2 is 1.79 bits per heavy atom. The first-order chi connectivity index (χ1) is 8.30. The summed E-state index contributed by atoms with van der Waals surface area (Å²) >= 11 is 0. The molecule has 0 aliphatic rings. The zero-order valence-corrected chi connectivity index (χ0v) is 14.9. The standard InChI is InChI=1S/C12H17BF3O2.K/c1-9(2)17-6-7-18-12-5-4-11(8-10(12)3)13(14,15)16;/h4-5,8-9H,6-7H2,1-3H3;/q-1;+1. The molecule has 0 aliphatic carbocycles. The Morgan fingerprint density at radius 3 is 2.26 bits per heavy atom. The summed E-state index contributed by atoms with van der Waals surface area (Å²) in [5, 5.41) is 0. The van der Waals surface area contributed by atoms with Crippen molar-refractivity contribution in [2.45, 2.75) is 26.9 Å². The Hall–Kier alpha value is 0.471. The molecule has 0 heterocycles. The van der Waals surface area contributed by atoms with Gasteiger partial charge in [-0.15, -0.1) is 5.46 Å². The summed E-state index contributed by atoms with van der Waals surface area (Å²) < 4.78 is 48.1. The molecule has 0 saturated heterocycles. The molecular formula is C12H17BF3KO2. The molecule has 0 aromatic heterocycles. The fourth-order valence-corrected chi connectivity index (χ4v) is 1.47. The largest absolute Gasteiger partial charge is 1.00 e. The van der Waals surface area contributed by atoms with Crippen LogP contribution in [0.2, 0.25) is 0 Å². The third-order valence-electron chi connectivity index (χ3n) is 2.37. The van der Waals surface area contributed by atoms with Crippen molar-refractivity contribution < 1.29 is 73.8 Å². The molecule has 0 amide bonds. The van der Waals surface area contributed by atoms with E-state index in [0.29, 0.717) is 24.5 Å². The number of halogens is 3. The minimum atomic E-state index is -4.95. The Balaban J connectivity index is 0.00000324. The molecule has 0 atom stereocenters. The van der Waals surface area contributed by atoms with Crippen molar-refractivity contribution in [3.05, 3.63) is 23.8 Å². The van der Waals surface area contributed by atoms with Gasteiger partial charge in [0.25, 0.3) is 0 Å². The average Bonchev–Trinajstić information content (AvgIpc) is 2.24. The van der Waals surface area contributed by atoms with Gasteiger partial charge in [-0.05, 0) is 32.4 Å². The predicted molar refractivity (Wildman–Crippen MR) is 66.5 cm³/mol. The van der Waals surface area contributed by atoms with Gasteiger partial charge in [0.1, 0.15) is 12.4 Å². The number of rotatable bonds is 6. The van der Waals surface area contributed by atoms with Crippen LogP contribution < -0.4 is 61.6 Å². The van der Waals surface area contributed by atoms with E-state index in [9.17, 15) is 12.9 Å². The molecule has 102 valence electrons. The first-order valence-electron chi connectivity index (χ1n) is 5.85. The maximum absolute atomic E-state index is 12.5. The van der Waals surface area contributed by atoms with Gasteiger partial charge in [-0.1, -0.05) is 12.1 Å². The van der Waals surface area contributed by atoms with Crippen molar-refractivity contribution in [1.82, 2.24) is 0 Å². The fraction of sp³-hybridized carbons (Fsp3) is 0.500. The summed E-state index contributed by atoms with van der Waals surface area (Å²) in [6, 6.07) is 3.51. The molecule has 0 bridgehead atoms. The van der Waals surface area contributed by atoms with E-state index < -0.39 is 12.4 Å². The van der Waals surface area contributed by atoms with E-state index in [4.69, 9.17) is 9.47 Å². The van der Waals surface area contributed by atoms with Gasteiger partial charge in [0.15, 0.2) is 0 Å². The second-order valence-electron chi connectivity index (χ2n) is 4.37. The zero-order valence-electron chi connectivity index (χ0n) is 11.8. The van der Waals surface area contributed by atoms with Gasteiger partial charge in [-0.3, -0.25) is 0 Å². The van der Waals surface area contributed by atoms with Crippen LogP contribution >= 0.6 is 0 Å². The van der Waals surface area contributed by atoms with Gasteiger partial charge in [0.2, 0.25) is 0 Å². The number of aryl methyl sites for hydroxylation is 1. The summed E-state index contributed by atoms with van der Waals surface area (Å²) in [7, 11) is 0. The minimum absolute atomic E-state index is 0. The van der Waals surface area contributed by atoms with Crippen molar-refractivity contribution in [3.8, 4) is 5.75 Å². The van der Waals surface area contributed by atoms with Crippen LogP contribution in [-0.2, 0) is 4.74 Å². The van der Waals surface area contributed by atoms with Crippen LogP contribution in [0, 0.1) is 6.92 Å². The summed E-state index contributed by atoms with van der Waals surface area (Å²) in [4.78, 5) is 0. The summed E-state index contributed by atoms with van der Waals surface area (Å²) in [6.45, 7) is 1.22. The molecule has 0 fully saturated rings. The molecule has 1 rings (SSSR count). The number of hydrogen-bond donors (Lipinski definition) is 0. The minimum Gasteiger partial charge on any atom is -0.491 e. The van der Waals surface area contributed by atoms with Crippen LogP contribution in [0.3, 0.4) is 0 Å². The normalized spacial score (nSPS) is 11.3. The third-order valence-corrected chi connectivity index (χ3v) is 2.37. The second-order valence-corrected chi connectivity index (χ2v) is 4.37. The number of ether oxygens (including phenoxy) is 2. The van der Waals surface area contributed by atoms with Gasteiger partial charge >= 0.3 is 58.4 Å². The number of hydrogen-bond acceptors (Lipinski definition) is 2. The molecule has 0 N–H and O–H groups in total. The van der Waals surface area contributed by atoms with Crippen molar-refractivity contribution in [2.75, 3.05) is 13.2 Å². The molecule has 0 spiro atoms. The quantitative estimate of drug-likeness (QED) is 0.538. The SMILES string of the molecule is Cc1cc([B-](F)(F)F)ccc1OCCOC(C)C.[K+]. The number of benzene rings is 1. The molecular weight excluding hydrogens is 283 g/mol. The predicted octanol–water partition coefficient (Wildman–Crippen LogP) is -0.143. The van der Waals surface area contributed by atoms with Crippen LogP contribution in [-0.4, -0.2) is 26.3 Å². The van der Waals surface area contributed by atoms with Crippen molar-refractivity contribution in [2.24, 2.45) is 0 Å². The van der Waals surface area contributed by atoms with E-state index in [1.807, 2.05) is 13.8 Å². The monoisotopic (exact) mass is 300 g/mol. The zero-order chi connectivity index (χ0) is 13.8. The van der Waals surface area contributed by atoms with Gasteiger partial charge in [-0.25, -0.2) is 0 Å². The second kappa shape index (κ2) is 8.69. The summed E-state index contributed by atoms with van der Waals surface area (Å²) in [5.74, 6) is 0.464. The van der Waals surface area contributed by atoms with Crippen LogP contribution in [0.25, 0.3) is 0 Å². The molecule has 2 nitrogen and oxygen atoms in total. The fourth-order valence-electron chi connectivity index (χ4n) is 1.47. The van der Waals surface area contributed by atoms with Crippen LogP contribution in [0.5, 0.6) is 5.75 Å². The molecule has 0 unspecified atom stereocenters. The summed E-state index contributed by atoms with van der Waals surface area (Å²) in [6.07, 6.45) is 0.116. The Morgan fingerprint density at radius 1 is 1.16 bits per heavy atom. The Labute approximate surface area is 154 Å². The molecule has 0 saturated carbocycles. The van der Waals surface area contributed by atoms with Crippen molar-refractivity contribution in [3.63, 3.8) is 0 Å². The van der Waals surface area contributed by atoms with Gasteiger partial charge in [-0.2, -0.15) is 0 Å². The van der Waals surface area contributed by atoms with E-state index in [0.717, 1.165) is 12.1 Å². The topological polar surface area (TPSA) is 18.5 Å². The van der Waals surface area contributed by atoms with Crippen molar-refractivity contribution in [1.29, 1.82) is 0 Å². The van der Waals surface area contributed by atoms with Crippen LogP contribution in [0.15, 0.2) is 18.2 Å². The maximum atomic E-state index is 12.5. The van der Waals surface area contributed by atoms with Gasteiger partial charge in [0, 0.05) is 0 Å². The van der Waals surface area contributed by atoms with E-state index in [-0.39, 0.29) is 57.5 Å². The molecule has 19 heavy (non-hydrogen) atoms. The average molecular weight is 300 g/mol. The first kappa shape index (κ1) is 19.5. The molecule has 7 heteroatoms. The van der Waals surface area contributed by atoms with Crippen LogP contribution in [0.1, 0.15) is 19.4 Å². The third kappa shape index (κ3) is 7.15. The summed E-state index contributed by atoms with van der Waals surface area (Å²) in [5.41, 5.74) is -0.116. The maximum Gasteiger partial charge on any atom is 1.00 e. The van der Waals surface area contributed by atoms with Gasteiger partial charge < -0.3 is 22.4 Å². The molecule has 0 aliphatic heterocycles. The molecule has 1 aromatic carbocycles. The van der Waals surface area contributed by atoms with E-state index in [1.165, 1.54) is 6.07 Å². The smallest absolute Gasteiger partial charge is 0.491 e. The molecule has 1 aromatic rings. The Kier molecular flexibility index (Phi) is 8.91. The molecule has 0 radical (unpaired) electrons. The Bertz CT molecular complexity index is 397. The van der Waals surface area contributed by atoms with Gasteiger partial charge in [0.05, 0.1) is 12.7 Å². The van der Waals surface area contributed by atoms with E-state index in [1.54, 1.807) is 6.92 Å². The van der Waals surface area contributed by atoms with E-state index in [2.05, 4.69) is 0 Å². The van der Waals surface area contributed by atoms with Crippen molar-refractivity contribution >= 4 is 12.4 Å². The first-order valence-corrected chi connectivity index (χ1v) is 5.85. The van der Waals surface area contributed by atoms with E-state index >= 15 is 0 Å².